The zero-order valence-corrected chi connectivity index (χ0v) is 13.5. The maximum atomic E-state index is 5.21. The summed E-state index contributed by atoms with van der Waals surface area (Å²) in [5, 5.41) is 3.85. The van der Waals surface area contributed by atoms with Crippen LogP contribution in [-0.2, 0) is 4.74 Å². The molecule has 2 aromatic rings. The molecule has 0 aliphatic carbocycles. The Morgan fingerprint density at radius 3 is 2.05 bits per heavy atom. The Balaban J connectivity index is 2.24. The van der Waals surface area contributed by atoms with Gasteiger partial charge in [0, 0.05) is 24.2 Å². The summed E-state index contributed by atoms with van der Waals surface area (Å²) >= 11 is 1.94. The normalized spacial score (nSPS) is 13.8. The van der Waals surface area contributed by atoms with Crippen molar-refractivity contribution in [3.8, 4) is 0 Å². The van der Waals surface area contributed by atoms with Crippen molar-refractivity contribution >= 4 is 11.8 Å². The number of nitrogens with one attached hydrogen (secondary N) is 1. The summed E-state index contributed by atoms with van der Waals surface area (Å²) in [6, 6.07) is 21.6. The van der Waals surface area contributed by atoms with Gasteiger partial charge in [-0.2, -0.15) is 0 Å². The summed E-state index contributed by atoms with van der Waals surface area (Å²) < 4.78 is 5.21. The Morgan fingerprint density at radius 1 is 0.952 bits per heavy atom. The molecule has 0 saturated heterocycles. The molecule has 2 unspecified atom stereocenters. The summed E-state index contributed by atoms with van der Waals surface area (Å²) in [5.74, 6) is 0.987. The summed E-state index contributed by atoms with van der Waals surface area (Å²) in [6.07, 6.45) is 0. The molecule has 2 rings (SSSR count). The van der Waals surface area contributed by atoms with Crippen molar-refractivity contribution in [2.75, 3.05) is 26.5 Å². The van der Waals surface area contributed by atoms with E-state index in [1.807, 2.05) is 18.8 Å². The molecule has 0 saturated carbocycles. The lowest BCUT2D eigenvalue weighted by atomic mass is 9.98. The van der Waals surface area contributed by atoms with Gasteiger partial charge in [0.15, 0.2) is 0 Å². The molecule has 0 amide bonds. The van der Waals surface area contributed by atoms with Crippen LogP contribution in [0.5, 0.6) is 0 Å². The molecular weight excluding hydrogens is 278 g/mol. The molecule has 0 aliphatic rings. The Labute approximate surface area is 131 Å². The van der Waals surface area contributed by atoms with Crippen LogP contribution in [0.25, 0.3) is 0 Å². The highest BCUT2D eigenvalue weighted by molar-refractivity contribution is 7.99. The van der Waals surface area contributed by atoms with Crippen LogP contribution in [0.3, 0.4) is 0 Å². The van der Waals surface area contributed by atoms with Crippen molar-refractivity contribution in [1.82, 2.24) is 5.32 Å². The van der Waals surface area contributed by atoms with Crippen LogP contribution in [0.4, 0.5) is 0 Å². The lowest BCUT2D eigenvalue weighted by Crippen LogP contribution is -2.22. The Kier molecular flexibility index (Phi) is 6.80. The summed E-state index contributed by atoms with van der Waals surface area (Å²) in [5.41, 5.74) is 2.67. The molecule has 0 heterocycles. The molecule has 0 radical (unpaired) electrons. The first-order valence-electron chi connectivity index (χ1n) is 7.24. The van der Waals surface area contributed by atoms with Crippen LogP contribution in [0.15, 0.2) is 60.7 Å². The van der Waals surface area contributed by atoms with Crippen molar-refractivity contribution < 1.29 is 4.74 Å². The maximum absolute atomic E-state index is 5.21. The molecule has 112 valence electrons. The standard InChI is InChI=1S/C18H23NOS/c1-19-17(15-9-5-3-6-10-15)18(21-14-13-20-2)16-11-7-4-8-12-16/h3-12,17-19H,13-14H2,1-2H3. The van der Waals surface area contributed by atoms with Crippen molar-refractivity contribution in [2.45, 2.75) is 11.3 Å². The average molecular weight is 301 g/mol. The number of hydrogen-bond donors (Lipinski definition) is 1. The highest BCUT2D eigenvalue weighted by atomic mass is 32.2. The third kappa shape index (κ3) is 4.60. The molecule has 0 fully saturated rings. The van der Waals surface area contributed by atoms with Gasteiger partial charge in [0.05, 0.1) is 6.61 Å². The molecular formula is C18H23NOS. The van der Waals surface area contributed by atoms with Gasteiger partial charge in [-0.1, -0.05) is 60.7 Å². The first-order valence-corrected chi connectivity index (χ1v) is 8.29. The van der Waals surface area contributed by atoms with Gasteiger partial charge < -0.3 is 10.1 Å². The van der Waals surface area contributed by atoms with E-state index >= 15 is 0 Å². The molecule has 0 aliphatic heterocycles. The molecule has 1 N–H and O–H groups in total. The predicted molar refractivity (Wildman–Crippen MR) is 91.8 cm³/mol. The first-order chi connectivity index (χ1) is 10.4. The topological polar surface area (TPSA) is 21.3 Å². The van der Waals surface area contributed by atoms with Gasteiger partial charge in [0.25, 0.3) is 0 Å². The van der Waals surface area contributed by atoms with Crippen molar-refractivity contribution in [3.63, 3.8) is 0 Å². The quantitative estimate of drug-likeness (QED) is 0.743. The van der Waals surface area contributed by atoms with E-state index in [0.29, 0.717) is 5.25 Å². The molecule has 0 aromatic heterocycles. The van der Waals surface area contributed by atoms with Crippen molar-refractivity contribution in [1.29, 1.82) is 0 Å². The third-order valence-corrected chi connectivity index (χ3v) is 4.79. The monoisotopic (exact) mass is 301 g/mol. The molecule has 2 aromatic carbocycles. The molecule has 2 nitrogen and oxygen atoms in total. The van der Waals surface area contributed by atoms with Gasteiger partial charge in [0.2, 0.25) is 0 Å². The largest absolute Gasteiger partial charge is 0.384 e. The number of hydrogen-bond acceptors (Lipinski definition) is 3. The molecule has 0 bridgehead atoms. The SMILES string of the molecule is CNC(c1ccccc1)C(SCCOC)c1ccccc1. The third-order valence-electron chi connectivity index (χ3n) is 3.49. The second-order valence-electron chi connectivity index (χ2n) is 4.87. The molecule has 21 heavy (non-hydrogen) atoms. The maximum Gasteiger partial charge on any atom is 0.0553 e. The molecule has 0 spiro atoms. The fourth-order valence-corrected chi connectivity index (χ4v) is 3.79. The summed E-state index contributed by atoms with van der Waals surface area (Å²) in [4.78, 5) is 0. The second-order valence-corrected chi connectivity index (χ2v) is 6.12. The lowest BCUT2D eigenvalue weighted by molar-refractivity contribution is 0.218. The van der Waals surface area contributed by atoms with E-state index in [-0.39, 0.29) is 6.04 Å². The summed E-state index contributed by atoms with van der Waals surface area (Å²) in [6.45, 7) is 0.777. The van der Waals surface area contributed by atoms with Gasteiger partial charge in [0.1, 0.15) is 0 Å². The van der Waals surface area contributed by atoms with Gasteiger partial charge in [-0.15, -0.1) is 11.8 Å². The van der Waals surface area contributed by atoms with Crippen LogP contribution < -0.4 is 5.32 Å². The van der Waals surface area contributed by atoms with Gasteiger partial charge in [-0.25, -0.2) is 0 Å². The Hall–Kier alpha value is -1.29. The zero-order valence-electron chi connectivity index (χ0n) is 12.7. The summed E-state index contributed by atoms with van der Waals surface area (Å²) in [7, 11) is 3.79. The minimum Gasteiger partial charge on any atom is -0.384 e. The van der Waals surface area contributed by atoms with E-state index in [4.69, 9.17) is 4.74 Å². The van der Waals surface area contributed by atoms with E-state index in [0.717, 1.165) is 12.4 Å². The van der Waals surface area contributed by atoms with Crippen LogP contribution in [0.1, 0.15) is 22.4 Å². The van der Waals surface area contributed by atoms with Crippen LogP contribution in [0, 0.1) is 0 Å². The Morgan fingerprint density at radius 2 is 1.52 bits per heavy atom. The van der Waals surface area contributed by atoms with E-state index in [1.54, 1.807) is 7.11 Å². The van der Waals surface area contributed by atoms with Crippen LogP contribution in [-0.4, -0.2) is 26.5 Å². The number of ether oxygens (including phenoxy) is 1. The van der Waals surface area contributed by atoms with E-state index in [2.05, 4.69) is 66.0 Å². The Bertz CT molecular complexity index is 503. The molecule has 2 atom stereocenters. The number of thioether (sulfide) groups is 1. The highest BCUT2D eigenvalue weighted by Gasteiger charge is 2.23. The van der Waals surface area contributed by atoms with E-state index < -0.39 is 0 Å². The van der Waals surface area contributed by atoms with Gasteiger partial charge in [-0.05, 0) is 18.2 Å². The number of methoxy groups -OCH3 is 1. The van der Waals surface area contributed by atoms with Crippen LogP contribution in [0.2, 0.25) is 0 Å². The molecule has 3 heteroatoms. The lowest BCUT2D eigenvalue weighted by Gasteiger charge is -2.27. The predicted octanol–water partition coefficient (Wildman–Crippen LogP) is 4.07. The second kappa shape index (κ2) is 8.88. The fourth-order valence-electron chi connectivity index (χ4n) is 2.44. The van der Waals surface area contributed by atoms with Crippen molar-refractivity contribution in [2.24, 2.45) is 0 Å². The van der Waals surface area contributed by atoms with Crippen LogP contribution >= 0.6 is 11.8 Å². The average Bonchev–Trinajstić information content (AvgIpc) is 2.56. The first kappa shape index (κ1) is 16.1. The van der Waals surface area contributed by atoms with Gasteiger partial charge in [-0.3, -0.25) is 0 Å². The van der Waals surface area contributed by atoms with E-state index in [1.165, 1.54) is 11.1 Å². The number of benzene rings is 2. The zero-order chi connectivity index (χ0) is 14.9. The van der Waals surface area contributed by atoms with E-state index in [9.17, 15) is 0 Å². The number of likely N-dealkylation sites (N-methyl/N-ethyl adjacent to an activating group) is 1. The van der Waals surface area contributed by atoms with Crippen molar-refractivity contribution in [3.05, 3.63) is 71.8 Å². The minimum absolute atomic E-state index is 0.287. The minimum atomic E-state index is 0.287. The highest BCUT2D eigenvalue weighted by Crippen LogP contribution is 2.39. The van der Waals surface area contributed by atoms with Gasteiger partial charge >= 0.3 is 0 Å². The smallest absolute Gasteiger partial charge is 0.0553 e. The number of rotatable bonds is 8. The fraction of sp³-hybridized carbons (Fsp3) is 0.333.